The van der Waals surface area contributed by atoms with Crippen molar-refractivity contribution in [2.75, 3.05) is 10.5 Å². The largest absolute Gasteiger partial charge is 0.396 e. The zero-order valence-corrected chi connectivity index (χ0v) is 12.1. The highest BCUT2D eigenvalue weighted by molar-refractivity contribution is 7.92. The van der Waals surface area contributed by atoms with Crippen molar-refractivity contribution >= 4 is 21.5 Å². The Bertz CT molecular complexity index is 787. The number of halogens is 2. The molecular formula is C13H13F2N3O2S. The Labute approximate surface area is 120 Å². The number of aromatic nitrogens is 1. The maximum absolute atomic E-state index is 13.7. The number of anilines is 2. The summed E-state index contributed by atoms with van der Waals surface area (Å²) in [7, 11) is -4.25. The first-order valence-electron chi connectivity index (χ1n) is 5.91. The molecule has 0 aliphatic carbocycles. The summed E-state index contributed by atoms with van der Waals surface area (Å²) < 4.78 is 53.2. The molecule has 5 nitrogen and oxygen atoms in total. The van der Waals surface area contributed by atoms with E-state index in [1.54, 1.807) is 19.9 Å². The van der Waals surface area contributed by atoms with E-state index >= 15 is 0 Å². The Kier molecular flexibility index (Phi) is 3.82. The van der Waals surface area contributed by atoms with Crippen molar-refractivity contribution in [1.29, 1.82) is 0 Å². The highest BCUT2D eigenvalue weighted by Crippen LogP contribution is 2.23. The van der Waals surface area contributed by atoms with Crippen LogP contribution in [0.3, 0.4) is 0 Å². The maximum atomic E-state index is 13.7. The summed E-state index contributed by atoms with van der Waals surface area (Å²) in [5.41, 5.74) is 6.22. The average Bonchev–Trinajstić information content (AvgIpc) is 2.31. The molecule has 1 aromatic heterocycles. The molecule has 0 radical (unpaired) electrons. The number of nitrogens with two attached hydrogens (primary N) is 1. The summed E-state index contributed by atoms with van der Waals surface area (Å²) in [5.74, 6) is -2.19. The molecule has 2 rings (SSSR count). The number of rotatable bonds is 3. The summed E-state index contributed by atoms with van der Waals surface area (Å²) in [5, 5.41) is 0. The second-order valence-corrected chi connectivity index (χ2v) is 6.23. The molecule has 2 aromatic rings. The van der Waals surface area contributed by atoms with E-state index in [4.69, 9.17) is 5.73 Å². The van der Waals surface area contributed by atoms with Crippen LogP contribution in [0, 0.1) is 25.5 Å². The second-order valence-electron chi connectivity index (χ2n) is 4.58. The first-order valence-corrected chi connectivity index (χ1v) is 7.40. The van der Waals surface area contributed by atoms with Crippen molar-refractivity contribution in [1.82, 2.24) is 4.98 Å². The molecule has 0 bridgehead atoms. The summed E-state index contributed by atoms with van der Waals surface area (Å²) in [6, 6.07) is 4.41. The lowest BCUT2D eigenvalue weighted by atomic mass is 10.2. The number of pyridine rings is 1. The van der Waals surface area contributed by atoms with Crippen LogP contribution in [0.4, 0.5) is 20.3 Å². The molecule has 1 aromatic carbocycles. The molecule has 0 saturated carbocycles. The van der Waals surface area contributed by atoms with E-state index in [2.05, 4.69) is 9.71 Å². The van der Waals surface area contributed by atoms with Crippen LogP contribution in [0.2, 0.25) is 0 Å². The number of sulfonamides is 1. The minimum absolute atomic E-state index is 0.0507. The number of aryl methyl sites for hydroxylation is 2. The van der Waals surface area contributed by atoms with E-state index in [1.165, 1.54) is 6.07 Å². The molecule has 3 N–H and O–H groups in total. The minimum atomic E-state index is -4.25. The van der Waals surface area contributed by atoms with Gasteiger partial charge in [0.2, 0.25) is 0 Å². The molecule has 21 heavy (non-hydrogen) atoms. The first kappa shape index (κ1) is 15.2. The lowest BCUT2D eigenvalue weighted by Gasteiger charge is -2.10. The van der Waals surface area contributed by atoms with E-state index in [0.717, 1.165) is 11.6 Å². The van der Waals surface area contributed by atoms with Crippen LogP contribution in [0.15, 0.2) is 29.2 Å². The van der Waals surface area contributed by atoms with Crippen LogP contribution in [0.5, 0.6) is 0 Å². The van der Waals surface area contributed by atoms with Gasteiger partial charge in [0.15, 0.2) is 0 Å². The zero-order valence-electron chi connectivity index (χ0n) is 11.3. The number of hydrogen-bond donors (Lipinski definition) is 2. The summed E-state index contributed by atoms with van der Waals surface area (Å²) in [4.78, 5) is 3.26. The molecule has 0 atom stereocenters. The third-order valence-electron chi connectivity index (χ3n) is 2.68. The third kappa shape index (κ3) is 3.27. The van der Waals surface area contributed by atoms with Crippen LogP contribution in [0.1, 0.15) is 11.3 Å². The van der Waals surface area contributed by atoms with Crippen LogP contribution in [-0.4, -0.2) is 13.4 Å². The monoisotopic (exact) mass is 313 g/mol. The lowest BCUT2D eigenvalue weighted by Crippen LogP contribution is -2.16. The molecule has 0 aliphatic rings. The van der Waals surface area contributed by atoms with E-state index in [9.17, 15) is 17.2 Å². The van der Waals surface area contributed by atoms with E-state index in [0.29, 0.717) is 11.8 Å². The summed E-state index contributed by atoms with van der Waals surface area (Å²) in [6.45, 7) is 3.46. The molecule has 8 heteroatoms. The summed E-state index contributed by atoms with van der Waals surface area (Å²) in [6.07, 6.45) is 0. The Hall–Kier alpha value is -2.22. The molecule has 0 unspecified atom stereocenters. The molecule has 112 valence electrons. The average molecular weight is 313 g/mol. The molecule has 0 amide bonds. The van der Waals surface area contributed by atoms with Crippen molar-refractivity contribution in [3.8, 4) is 0 Å². The first-order chi connectivity index (χ1) is 9.69. The van der Waals surface area contributed by atoms with Crippen molar-refractivity contribution < 1.29 is 17.2 Å². The molecular weight excluding hydrogens is 300 g/mol. The van der Waals surface area contributed by atoms with Crippen LogP contribution < -0.4 is 10.5 Å². The Morgan fingerprint density at radius 2 is 1.76 bits per heavy atom. The number of benzene rings is 1. The SMILES string of the molecule is Cc1cc(C)nc(NS(=O)(=O)c2cc(N)c(F)cc2F)c1. The standard InChI is InChI=1S/C13H13F2N3O2S/c1-7-3-8(2)17-13(4-7)18-21(19,20)12-6-11(16)9(14)5-10(12)15/h3-6H,16H2,1-2H3,(H,17,18). The van der Waals surface area contributed by atoms with E-state index in [1.807, 2.05) is 0 Å². The zero-order chi connectivity index (χ0) is 15.8. The number of hydrogen-bond acceptors (Lipinski definition) is 4. The van der Waals surface area contributed by atoms with Gasteiger partial charge in [0.25, 0.3) is 10.0 Å². The van der Waals surface area contributed by atoms with Gasteiger partial charge in [0, 0.05) is 11.8 Å². The Morgan fingerprint density at radius 1 is 1.10 bits per heavy atom. The normalized spacial score (nSPS) is 11.4. The highest BCUT2D eigenvalue weighted by atomic mass is 32.2. The fourth-order valence-electron chi connectivity index (χ4n) is 1.84. The van der Waals surface area contributed by atoms with Crippen LogP contribution >= 0.6 is 0 Å². The van der Waals surface area contributed by atoms with Crippen LogP contribution in [-0.2, 0) is 10.0 Å². The number of nitrogens with zero attached hydrogens (tertiary/aromatic N) is 1. The predicted molar refractivity (Wildman–Crippen MR) is 75.3 cm³/mol. The van der Waals surface area contributed by atoms with Gasteiger partial charge in [0.05, 0.1) is 5.69 Å². The highest BCUT2D eigenvalue weighted by Gasteiger charge is 2.22. The quantitative estimate of drug-likeness (QED) is 0.852. The van der Waals surface area contributed by atoms with Crippen LogP contribution in [0.25, 0.3) is 0 Å². The van der Waals surface area contributed by atoms with Gasteiger partial charge in [-0.05, 0) is 37.6 Å². The van der Waals surface area contributed by atoms with Crippen molar-refractivity contribution in [2.24, 2.45) is 0 Å². The molecule has 0 saturated heterocycles. The topological polar surface area (TPSA) is 85.1 Å². The van der Waals surface area contributed by atoms with Gasteiger partial charge >= 0.3 is 0 Å². The summed E-state index contributed by atoms with van der Waals surface area (Å²) >= 11 is 0. The number of nitrogen functional groups attached to an aromatic ring is 1. The van der Waals surface area contributed by atoms with E-state index < -0.39 is 32.2 Å². The van der Waals surface area contributed by atoms with Gasteiger partial charge in [-0.25, -0.2) is 22.2 Å². The smallest absolute Gasteiger partial charge is 0.266 e. The molecule has 1 heterocycles. The van der Waals surface area contributed by atoms with E-state index in [-0.39, 0.29) is 5.82 Å². The van der Waals surface area contributed by atoms with Gasteiger partial charge in [-0.1, -0.05) is 0 Å². The maximum Gasteiger partial charge on any atom is 0.266 e. The lowest BCUT2D eigenvalue weighted by molar-refractivity contribution is 0.553. The molecule has 0 aliphatic heterocycles. The fourth-order valence-corrected chi connectivity index (χ4v) is 2.92. The second kappa shape index (κ2) is 5.28. The number of nitrogens with one attached hydrogen (secondary N) is 1. The predicted octanol–water partition coefficient (Wildman–Crippen LogP) is 2.36. The van der Waals surface area contributed by atoms with Gasteiger partial charge in [0.1, 0.15) is 22.3 Å². The van der Waals surface area contributed by atoms with Gasteiger partial charge in [-0.2, -0.15) is 0 Å². The van der Waals surface area contributed by atoms with Gasteiger partial charge in [-0.3, -0.25) is 4.72 Å². The Morgan fingerprint density at radius 3 is 2.38 bits per heavy atom. The third-order valence-corrected chi connectivity index (χ3v) is 4.05. The van der Waals surface area contributed by atoms with Crippen molar-refractivity contribution in [3.05, 3.63) is 47.2 Å². The van der Waals surface area contributed by atoms with Crippen molar-refractivity contribution in [2.45, 2.75) is 18.7 Å². The van der Waals surface area contributed by atoms with Gasteiger partial charge < -0.3 is 5.73 Å². The van der Waals surface area contributed by atoms with Crippen molar-refractivity contribution in [3.63, 3.8) is 0 Å². The molecule has 0 fully saturated rings. The Balaban J connectivity index is 2.45. The fraction of sp³-hybridized carbons (Fsp3) is 0.154. The van der Waals surface area contributed by atoms with Gasteiger partial charge in [-0.15, -0.1) is 0 Å². The molecule has 0 spiro atoms. The minimum Gasteiger partial charge on any atom is -0.396 e.